The van der Waals surface area contributed by atoms with E-state index in [9.17, 15) is 24.6 Å². The molecule has 168 valence electrons. The van der Waals surface area contributed by atoms with Crippen LogP contribution in [0.3, 0.4) is 0 Å². The third kappa shape index (κ3) is 3.17. The number of hydrogen-bond donors (Lipinski definition) is 2. The van der Waals surface area contributed by atoms with Crippen LogP contribution in [-0.4, -0.2) is 44.9 Å². The molecule has 2 aromatic carbocycles. The highest BCUT2D eigenvalue weighted by Crippen LogP contribution is 2.38. The molecule has 33 heavy (non-hydrogen) atoms. The molecule has 0 atom stereocenters. The first-order valence-corrected chi connectivity index (χ1v) is 10.9. The molecule has 0 spiro atoms. The van der Waals surface area contributed by atoms with E-state index >= 15 is 0 Å². The van der Waals surface area contributed by atoms with Crippen molar-refractivity contribution in [1.29, 1.82) is 0 Å². The van der Waals surface area contributed by atoms with Gasteiger partial charge in [-0.1, -0.05) is 48.5 Å². The van der Waals surface area contributed by atoms with Gasteiger partial charge < -0.3 is 15.1 Å². The van der Waals surface area contributed by atoms with Gasteiger partial charge in [0.25, 0.3) is 5.91 Å². The first-order chi connectivity index (χ1) is 15.9. The number of fused-ring (bicyclic) bond motifs is 3. The van der Waals surface area contributed by atoms with E-state index in [4.69, 9.17) is 0 Å². The highest BCUT2D eigenvalue weighted by atomic mass is 16.4. The molecule has 8 nitrogen and oxygen atoms in total. The van der Waals surface area contributed by atoms with Crippen molar-refractivity contribution in [3.05, 3.63) is 98.5 Å². The summed E-state index contributed by atoms with van der Waals surface area (Å²) in [6, 6.07) is 15.8. The SMILES string of the molecule is CCN1CN(C2c3ccccc3CCc3ccccc32)n2cc(C(=O)O)c(=O)c(O)c2C1=O. The van der Waals surface area contributed by atoms with E-state index in [-0.39, 0.29) is 18.4 Å². The summed E-state index contributed by atoms with van der Waals surface area (Å²) in [6.07, 6.45) is 2.84. The van der Waals surface area contributed by atoms with Gasteiger partial charge in [-0.05, 0) is 42.0 Å². The lowest BCUT2D eigenvalue weighted by molar-refractivity contribution is 0.0666. The minimum atomic E-state index is -1.46. The summed E-state index contributed by atoms with van der Waals surface area (Å²) in [5, 5.41) is 22.1. The number of aromatic hydroxyl groups is 1. The van der Waals surface area contributed by atoms with Gasteiger partial charge in [0.05, 0.1) is 6.04 Å². The molecule has 0 saturated carbocycles. The molecule has 2 aliphatic rings. The summed E-state index contributed by atoms with van der Waals surface area (Å²) in [5.74, 6) is -2.83. The van der Waals surface area contributed by atoms with Gasteiger partial charge >= 0.3 is 5.97 Å². The fourth-order valence-electron chi connectivity index (χ4n) is 4.87. The number of rotatable bonds is 3. The maximum absolute atomic E-state index is 13.1. The molecule has 0 saturated heterocycles. The molecule has 8 heteroatoms. The van der Waals surface area contributed by atoms with Crippen LogP contribution in [-0.2, 0) is 12.8 Å². The van der Waals surface area contributed by atoms with Crippen LogP contribution < -0.4 is 10.4 Å². The molecule has 1 aromatic heterocycles. The minimum Gasteiger partial charge on any atom is -0.502 e. The van der Waals surface area contributed by atoms with Crippen molar-refractivity contribution in [1.82, 2.24) is 9.58 Å². The van der Waals surface area contributed by atoms with Crippen LogP contribution in [0.1, 0.15) is 56.1 Å². The van der Waals surface area contributed by atoms with Gasteiger partial charge in [0.2, 0.25) is 5.43 Å². The van der Waals surface area contributed by atoms with Crippen LogP contribution in [0.25, 0.3) is 0 Å². The summed E-state index contributed by atoms with van der Waals surface area (Å²) >= 11 is 0. The molecule has 1 amide bonds. The number of aromatic nitrogens is 1. The maximum atomic E-state index is 13.1. The minimum absolute atomic E-state index is 0.164. The normalized spacial score (nSPS) is 15.5. The number of carboxylic acids is 1. The number of nitrogens with zero attached hydrogens (tertiary/aromatic N) is 3. The number of hydrogen-bond acceptors (Lipinski definition) is 5. The molecule has 2 heterocycles. The van der Waals surface area contributed by atoms with Gasteiger partial charge in [-0.3, -0.25) is 19.3 Å². The lowest BCUT2D eigenvalue weighted by Gasteiger charge is -2.44. The summed E-state index contributed by atoms with van der Waals surface area (Å²) in [6.45, 7) is 2.35. The van der Waals surface area contributed by atoms with E-state index in [0.717, 1.165) is 41.3 Å². The topological polar surface area (TPSA) is 103 Å². The van der Waals surface area contributed by atoms with Crippen molar-refractivity contribution >= 4 is 11.9 Å². The van der Waals surface area contributed by atoms with Gasteiger partial charge in [-0.2, -0.15) is 0 Å². The molecule has 0 radical (unpaired) electrons. The van der Waals surface area contributed by atoms with Crippen molar-refractivity contribution in [3.8, 4) is 5.75 Å². The fourth-order valence-corrected chi connectivity index (χ4v) is 4.87. The first-order valence-electron chi connectivity index (χ1n) is 10.9. The Morgan fingerprint density at radius 2 is 1.58 bits per heavy atom. The number of amides is 1. The molecule has 3 aromatic rings. The quantitative estimate of drug-likeness (QED) is 0.642. The number of carbonyl (C=O) groups excluding carboxylic acids is 1. The Morgan fingerprint density at radius 1 is 1.00 bits per heavy atom. The Labute approximate surface area is 189 Å². The second-order valence-electron chi connectivity index (χ2n) is 8.26. The second kappa shape index (κ2) is 7.81. The Hall–Kier alpha value is -4.07. The second-order valence-corrected chi connectivity index (χ2v) is 8.26. The molecule has 0 bridgehead atoms. The highest BCUT2D eigenvalue weighted by Gasteiger charge is 2.39. The van der Waals surface area contributed by atoms with Crippen molar-refractivity contribution in [3.63, 3.8) is 0 Å². The van der Waals surface area contributed by atoms with Gasteiger partial charge in [-0.15, -0.1) is 0 Å². The zero-order valence-corrected chi connectivity index (χ0v) is 18.1. The van der Waals surface area contributed by atoms with Crippen LogP contribution >= 0.6 is 0 Å². The Morgan fingerprint density at radius 3 is 2.12 bits per heavy atom. The van der Waals surface area contributed by atoms with Gasteiger partial charge in [0, 0.05) is 12.7 Å². The van der Waals surface area contributed by atoms with E-state index in [1.165, 1.54) is 9.58 Å². The number of aryl methyl sites for hydroxylation is 2. The number of carboxylic acid groups (broad SMARTS) is 1. The Bertz CT molecular complexity index is 1300. The predicted molar refractivity (Wildman–Crippen MR) is 121 cm³/mol. The van der Waals surface area contributed by atoms with Crippen molar-refractivity contribution in [2.45, 2.75) is 25.8 Å². The third-order valence-electron chi connectivity index (χ3n) is 6.52. The number of pyridine rings is 1. The molecular weight excluding hydrogens is 422 g/mol. The van der Waals surface area contributed by atoms with Crippen molar-refractivity contribution in [2.24, 2.45) is 0 Å². The Balaban J connectivity index is 1.83. The molecule has 1 aliphatic carbocycles. The van der Waals surface area contributed by atoms with Crippen LogP contribution in [0.5, 0.6) is 5.75 Å². The van der Waals surface area contributed by atoms with Gasteiger partial charge in [0.1, 0.15) is 12.2 Å². The average molecular weight is 445 g/mol. The van der Waals surface area contributed by atoms with Crippen LogP contribution in [0.15, 0.2) is 59.5 Å². The lowest BCUT2D eigenvalue weighted by Crippen LogP contribution is -2.55. The molecular formula is C25H23N3O5. The van der Waals surface area contributed by atoms with E-state index < -0.39 is 28.6 Å². The van der Waals surface area contributed by atoms with Crippen LogP contribution in [0, 0.1) is 0 Å². The number of benzene rings is 2. The molecule has 0 fully saturated rings. The average Bonchev–Trinajstić information content (AvgIpc) is 2.98. The van der Waals surface area contributed by atoms with Gasteiger partial charge in [0.15, 0.2) is 11.4 Å². The van der Waals surface area contributed by atoms with E-state index in [1.54, 1.807) is 0 Å². The van der Waals surface area contributed by atoms with Crippen LogP contribution in [0.2, 0.25) is 0 Å². The van der Waals surface area contributed by atoms with Gasteiger partial charge in [-0.25, -0.2) is 4.79 Å². The Kier molecular flexibility index (Phi) is 4.92. The first kappa shape index (κ1) is 20.8. The summed E-state index contributed by atoms with van der Waals surface area (Å²) < 4.78 is 1.36. The lowest BCUT2D eigenvalue weighted by atomic mass is 9.94. The van der Waals surface area contributed by atoms with Crippen LogP contribution in [0.4, 0.5) is 0 Å². The summed E-state index contributed by atoms with van der Waals surface area (Å²) in [5.41, 5.74) is 2.50. The molecule has 5 rings (SSSR count). The molecule has 0 unspecified atom stereocenters. The number of carbonyl (C=O) groups is 2. The third-order valence-corrected chi connectivity index (χ3v) is 6.52. The summed E-state index contributed by atoms with van der Waals surface area (Å²) in [7, 11) is 0. The zero-order chi connectivity index (χ0) is 23.3. The molecule has 1 aliphatic heterocycles. The van der Waals surface area contributed by atoms with E-state index in [0.29, 0.717) is 6.54 Å². The van der Waals surface area contributed by atoms with Crippen molar-refractivity contribution in [2.75, 3.05) is 18.2 Å². The standard InChI is InChI=1S/C25H23N3O5/c1-2-26-14-28(27-13-19(25(32)33)22(29)23(30)21(27)24(26)31)20-17-9-5-3-7-15(17)11-12-16-8-4-6-10-18(16)20/h3-10,13,20,30H,2,11-12,14H2,1H3,(H,32,33). The van der Waals surface area contributed by atoms with Crippen molar-refractivity contribution < 1.29 is 19.8 Å². The predicted octanol–water partition coefficient (Wildman–Crippen LogP) is 2.51. The summed E-state index contributed by atoms with van der Waals surface area (Å²) in [4.78, 5) is 38.9. The largest absolute Gasteiger partial charge is 0.502 e. The van der Waals surface area contributed by atoms with E-state index in [1.807, 2.05) is 48.3 Å². The molecule has 2 N–H and O–H groups in total. The highest BCUT2D eigenvalue weighted by molar-refractivity contribution is 5.97. The smallest absolute Gasteiger partial charge is 0.341 e. The maximum Gasteiger partial charge on any atom is 0.341 e. The zero-order valence-electron chi connectivity index (χ0n) is 18.1. The monoisotopic (exact) mass is 445 g/mol. The fraction of sp³-hybridized carbons (Fsp3) is 0.240. The van der Waals surface area contributed by atoms with E-state index in [2.05, 4.69) is 12.1 Å². The number of aromatic carboxylic acids is 1.